The fourth-order valence-electron chi connectivity index (χ4n) is 2.23. The maximum absolute atomic E-state index is 12.6. The van der Waals surface area contributed by atoms with E-state index in [-0.39, 0.29) is 12.5 Å². The molecule has 1 N–H and O–H groups in total. The van der Waals surface area contributed by atoms with Crippen LogP contribution in [0, 0.1) is 5.92 Å². The van der Waals surface area contributed by atoms with Gasteiger partial charge in [0.25, 0.3) is 5.91 Å². The van der Waals surface area contributed by atoms with E-state index in [4.69, 9.17) is 5.11 Å². The van der Waals surface area contributed by atoms with Crippen molar-refractivity contribution in [2.24, 2.45) is 13.0 Å². The zero-order chi connectivity index (χ0) is 16.3. The molecule has 2 aromatic rings. The molecule has 22 heavy (non-hydrogen) atoms. The summed E-state index contributed by atoms with van der Waals surface area (Å²) >= 11 is 0. The molecule has 0 aliphatic carbocycles. The first kappa shape index (κ1) is 15.8. The number of rotatable bonds is 5. The Balaban J connectivity index is 2.29. The lowest BCUT2D eigenvalue weighted by atomic mass is 10.1. The van der Waals surface area contributed by atoms with Crippen molar-refractivity contribution in [2.75, 3.05) is 13.6 Å². The molecule has 6 heteroatoms. The first-order valence-corrected chi connectivity index (χ1v) is 6.97. The fourth-order valence-corrected chi connectivity index (χ4v) is 2.23. The Labute approximate surface area is 129 Å². The SMILES string of the molecule is CC(CN(C)C(=O)c1cn(C)nc1-c1ccccc1)C(=O)O. The monoisotopic (exact) mass is 301 g/mol. The molecule has 1 heterocycles. The van der Waals surface area contributed by atoms with Crippen LogP contribution in [0.2, 0.25) is 0 Å². The van der Waals surface area contributed by atoms with Crippen LogP contribution in [0.4, 0.5) is 0 Å². The lowest BCUT2D eigenvalue weighted by molar-refractivity contribution is -0.141. The number of hydrogen-bond acceptors (Lipinski definition) is 3. The Hall–Kier alpha value is -2.63. The van der Waals surface area contributed by atoms with Crippen LogP contribution >= 0.6 is 0 Å². The van der Waals surface area contributed by atoms with E-state index < -0.39 is 11.9 Å². The second kappa shape index (κ2) is 6.43. The predicted molar refractivity (Wildman–Crippen MR) is 82.4 cm³/mol. The molecule has 2 rings (SSSR count). The average Bonchev–Trinajstić information content (AvgIpc) is 2.89. The van der Waals surface area contributed by atoms with Crippen molar-refractivity contribution in [3.05, 3.63) is 42.1 Å². The molecule has 0 bridgehead atoms. The number of aromatic nitrogens is 2. The Kier molecular flexibility index (Phi) is 4.60. The molecular weight excluding hydrogens is 282 g/mol. The Morgan fingerprint density at radius 3 is 2.55 bits per heavy atom. The highest BCUT2D eigenvalue weighted by molar-refractivity contribution is 5.99. The van der Waals surface area contributed by atoms with Crippen molar-refractivity contribution in [3.8, 4) is 11.3 Å². The zero-order valence-electron chi connectivity index (χ0n) is 12.9. The van der Waals surface area contributed by atoms with E-state index in [1.165, 1.54) is 4.90 Å². The molecule has 6 nitrogen and oxygen atoms in total. The van der Waals surface area contributed by atoms with E-state index in [0.717, 1.165) is 5.56 Å². The van der Waals surface area contributed by atoms with Gasteiger partial charge in [0.05, 0.1) is 11.5 Å². The standard InChI is InChI=1S/C16H19N3O3/c1-11(16(21)22)9-18(2)15(20)13-10-19(3)17-14(13)12-7-5-4-6-8-12/h4-8,10-11H,9H2,1-3H3,(H,21,22). The van der Waals surface area contributed by atoms with Crippen molar-refractivity contribution in [3.63, 3.8) is 0 Å². The lowest BCUT2D eigenvalue weighted by Crippen LogP contribution is -2.33. The van der Waals surface area contributed by atoms with Gasteiger partial charge in [-0.25, -0.2) is 0 Å². The highest BCUT2D eigenvalue weighted by Gasteiger charge is 2.23. The summed E-state index contributed by atoms with van der Waals surface area (Å²) in [5.41, 5.74) is 1.92. The number of amides is 1. The summed E-state index contributed by atoms with van der Waals surface area (Å²) < 4.78 is 1.59. The molecule has 1 aromatic heterocycles. The minimum Gasteiger partial charge on any atom is -0.481 e. The molecule has 116 valence electrons. The largest absolute Gasteiger partial charge is 0.481 e. The average molecular weight is 301 g/mol. The molecule has 0 spiro atoms. The van der Waals surface area contributed by atoms with Gasteiger partial charge in [-0.2, -0.15) is 5.10 Å². The number of hydrogen-bond donors (Lipinski definition) is 1. The van der Waals surface area contributed by atoms with Gasteiger partial charge in [0, 0.05) is 32.4 Å². The van der Waals surface area contributed by atoms with Crippen LogP contribution in [0.25, 0.3) is 11.3 Å². The van der Waals surface area contributed by atoms with Gasteiger partial charge in [-0.05, 0) is 0 Å². The summed E-state index contributed by atoms with van der Waals surface area (Å²) in [5, 5.41) is 13.3. The maximum Gasteiger partial charge on any atom is 0.308 e. The van der Waals surface area contributed by atoms with Gasteiger partial charge in [-0.3, -0.25) is 14.3 Å². The molecule has 1 unspecified atom stereocenters. The number of carboxylic acids is 1. The minimum absolute atomic E-state index is 0.150. The smallest absolute Gasteiger partial charge is 0.308 e. The van der Waals surface area contributed by atoms with E-state index in [9.17, 15) is 9.59 Å². The Morgan fingerprint density at radius 1 is 1.32 bits per heavy atom. The van der Waals surface area contributed by atoms with Gasteiger partial charge in [0.15, 0.2) is 0 Å². The number of nitrogens with zero attached hydrogens (tertiary/aromatic N) is 3. The third-order valence-corrected chi connectivity index (χ3v) is 3.42. The van der Waals surface area contributed by atoms with E-state index in [1.54, 1.807) is 31.9 Å². The second-order valence-electron chi connectivity index (χ2n) is 5.36. The molecule has 1 aromatic carbocycles. The molecule has 0 radical (unpaired) electrons. The second-order valence-corrected chi connectivity index (χ2v) is 5.36. The molecule has 0 saturated heterocycles. The van der Waals surface area contributed by atoms with Crippen molar-refractivity contribution in [2.45, 2.75) is 6.92 Å². The van der Waals surface area contributed by atoms with E-state index >= 15 is 0 Å². The molecule has 0 aliphatic rings. The Morgan fingerprint density at radius 2 is 1.95 bits per heavy atom. The van der Waals surface area contributed by atoms with Gasteiger partial charge in [-0.15, -0.1) is 0 Å². The first-order valence-electron chi connectivity index (χ1n) is 6.97. The van der Waals surface area contributed by atoms with Gasteiger partial charge in [0.1, 0.15) is 5.69 Å². The molecule has 1 atom stereocenters. The third kappa shape index (κ3) is 3.33. The van der Waals surface area contributed by atoms with Crippen LogP contribution in [0.5, 0.6) is 0 Å². The van der Waals surface area contributed by atoms with Gasteiger partial charge in [-0.1, -0.05) is 37.3 Å². The summed E-state index contributed by atoms with van der Waals surface area (Å²) in [6.45, 7) is 1.73. The molecule has 1 amide bonds. The van der Waals surface area contributed by atoms with Gasteiger partial charge in [0.2, 0.25) is 0 Å². The van der Waals surface area contributed by atoms with Crippen LogP contribution in [0.1, 0.15) is 17.3 Å². The number of carbonyl (C=O) groups is 2. The quantitative estimate of drug-likeness (QED) is 0.915. The minimum atomic E-state index is -0.922. The number of carbonyl (C=O) groups excluding carboxylic acids is 1. The Bertz CT molecular complexity index is 679. The number of aryl methyl sites for hydroxylation is 1. The maximum atomic E-state index is 12.6. The zero-order valence-corrected chi connectivity index (χ0v) is 12.9. The van der Waals surface area contributed by atoms with E-state index in [0.29, 0.717) is 11.3 Å². The van der Waals surface area contributed by atoms with Crippen molar-refractivity contribution < 1.29 is 14.7 Å². The summed E-state index contributed by atoms with van der Waals surface area (Å²) in [4.78, 5) is 24.9. The topological polar surface area (TPSA) is 75.4 Å². The molecule has 0 aliphatic heterocycles. The van der Waals surface area contributed by atoms with Gasteiger partial charge < -0.3 is 10.0 Å². The molecule has 0 saturated carbocycles. The van der Waals surface area contributed by atoms with Crippen LogP contribution in [-0.2, 0) is 11.8 Å². The van der Waals surface area contributed by atoms with Crippen molar-refractivity contribution in [1.29, 1.82) is 0 Å². The molecular formula is C16H19N3O3. The van der Waals surface area contributed by atoms with Crippen LogP contribution in [-0.4, -0.2) is 45.3 Å². The fraction of sp³-hybridized carbons (Fsp3) is 0.312. The highest BCUT2D eigenvalue weighted by Crippen LogP contribution is 2.22. The van der Waals surface area contributed by atoms with E-state index in [1.807, 2.05) is 30.3 Å². The summed E-state index contributed by atoms with van der Waals surface area (Å²) in [5.74, 6) is -1.78. The summed E-state index contributed by atoms with van der Waals surface area (Å²) in [6, 6.07) is 9.44. The normalized spacial score (nSPS) is 12.0. The molecule has 0 fully saturated rings. The van der Waals surface area contributed by atoms with Crippen molar-refractivity contribution >= 4 is 11.9 Å². The van der Waals surface area contributed by atoms with Crippen LogP contribution in [0.15, 0.2) is 36.5 Å². The first-order chi connectivity index (χ1) is 10.4. The number of benzene rings is 1. The summed E-state index contributed by atoms with van der Waals surface area (Å²) in [6.07, 6.45) is 1.66. The van der Waals surface area contributed by atoms with Gasteiger partial charge >= 0.3 is 5.97 Å². The van der Waals surface area contributed by atoms with Crippen LogP contribution in [0.3, 0.4) is 0 Å². The lowest BCUT2D eigenvalue weighted by Gasteiger charge is -2.19. The summed E-state index contributed by atoms with van der Waals surface area (Å²) in [7, 11) is 3.35. The van der Waals surface area contributed by atoms with Crippen molar-refractivity contribution in [1.82, 2.24) is 14.7 Å². The van der Waals surface area contributed by atoms with Crippen LogP contribution < -0.4 is 0 Å². The number of carboxylic acid groups (broad SMARTS) is 1. The predicted octanol–water partition coefficient (Wildman–Crippen LogP) is 1.88. The number of aliphatic carboxylic acids is 1. The highest BCUT2D eigenvalue weighted by atomic mass is 16.4. The van der Waals surface area contributed by atoms with E-state index in [2.05, 4.69) is 5.10 Å². The third-order valence-electron chi connectivity index (χ3n) is 3.42.